The standard InChI is InChI=1S/C44H60N6O8/c1-44(2,3)58-43(56)47(5)28-26-40(52)48(6)34-20-22-35(23-21-34)50(42(54)55)27-14-8-11-19-39(51)46(4)31-32-49-29-24-36(25-30-49)57-41(53)45-38-18-13-12-17-37(38)33-15-9-7-10-16-33/h7,9-10,12-13,15-18,20-23,36H,8,11,14,19,24-32H2,1-6H3,(H,45,53)(H,54,55). The van der Waals surface area contributed by atoms with Crippen LogP contribution in [0.3, 0.4) is 0 Å². The molecule has 0 aliphatic carbocycles. The van der Waals surface area contributed by atoms with Crippen LogP contribution in [0.4, 0.5) is 31.4 Å². The Hall–Kier alpha value is -5.63. The molecule has 0 saturated carbocycles. The van der Waals surface area contributed by atoms with Crippen LogP contribution in [0, 0.1) is 0 Å². The summed E-state index contributed by atoms with van der Waals surface area (Å²) in [6.45, 7) is 8.66. The number of unbranched alkanes of at least 4 members (excludes halogenated alkanes) is 2. The van der Waals surface area contributed by atoms with Gasteiger partial charge in [-0.15, -0.1) is 0 Å². The molecule has 0 aromatic heterocycles. The van der Waals surface area contributed by atoms with E-state index in [-0.39, 0.29) is 37.4 Å². The van der Waals surface area contributed by atoms with Crippen molar-refractivity contribution in [2.24, 2.45) is 0 Å². The minimum Gasteiger partial charge on any atom is -0.465 e. The molecule has 0 atom stereocenters. The Morgan fingerprint density at radius 3 is 2.03 bits per heavy atom. The number of benzene rings is 3. The topological polar surface area (TPSA) is 152 Å². The first-order chi connectivity index (χ1) is 27.6. The summed E-state index contributed by atoms with van der Waals surface area (Å²) in [5.74, 6) is -0.152. The third kappa shape index (κ3) is 14.4. The number of ether oxygens (including phenoxy) is 2. The summed E-state index contributed by atoms with van der Waals surface area (Å²) in [4.78, 5) is 70.9. The van der Waals surface area contributed by atoms with Gasteiger partial charge in [0.25, 0.3) is 0 Å². The van der Waals surface area contributed by atoms with E-state index in [9.17, 15) is 29.1 Å². The molecule has 314 valence electrons. The Morgan fingerprint density at radius 1 is 0.741 bits per heavy atom. The Kier molecular flexibility index (Phi) is 16.9. The van der Waals surface area contributed by atoms with Crippen molar-refractivity contribution in [2.45, 2.75) is 77.4 Å². The van der Waals surface area contributed by atoms with E-state index in [4.69, 9.17) is 9.47 Å². The van der Waals surface area contributed by atoms with Crippen molar-refractivity contribution in [1.82, 2.24) is 14.7 Å². The van der Waals surface area contributed by atoms with Gasteiger partial charge in [0.2, 0.25) is 11.8 Å². The van der Waals surface area contributed by atoms with Crippen molar-refractivity contribution in [1.29, 1.82) is 0 Å². The summed E-state index contributed by atoms with van der Waals surface area (Å²) in [6, 6.07) is 24.3. The molecule has 0 bridgehead atoms. The van der Waals surface area contributed by atoms with E-state index >= 15 is 0 Å². The van der Waals surface area contributed by atoms with Crippen LogP contribution in [0.5, 0.6) is 0 Å². The number of hydrogen-bond acceptors (Lipinski definition) is 8. The Labute approximate surface area is 342 Å². The molecule has 1 fully saturated rings. The fourth-order valence-electron chi connectivity index (χ4n) is 6.53. The third-order valence-corrected chi connectivity index (χ3v) is 10.0. The van der Waals surface area contributed by atoms with Crippen LogP contribution in [0.2, 0.25) is 0 Å². The number of carbonyl (C=O) groups excluding carboxylic acids is 4. The number of piperidine rings is 1. The van der Waals surface area contributed by atoms with Gasteiger partial charge in [-0.2, -0.15) is 0 Å². The van der Waals surface area contributed by atoms with E-state index < -0.39 is 23.9 Å². The summed E-state index contributed by atoms with van der Waals surface area (Å²) in [6.07, 6.45) is 1.61. The second kappa shape index (κ2) is 21.8. The Morgan fingerprint density at radius 2 is 1.38 bits per heavy atom. The molecular formula is C44H60N6O8. The number of amides is 5. The molecule has 1 heterocycles. The van der Waals surface area contributed by atoms with E-state index in [0.29, 0.717) is 49.3 Å². The molecule has 3 aromatic carbocycles. The van der Waals surface area contributed by atoms with Crippen molar-refractivity contribution in [3.63, 3.8) is 0 Å². The van der Waals surface area contributed by atoms with Gasteiger partial charge < -0.3 is 34.2 Å². The van der Waals surface area contributed by atoms with Crippen molar-refractivity contribution in [2.75, 3.05) is 75.5 Å². The quantitative estimate of drug-likeness (QED) is 0.130. The summed E-state index contributed by atoms with van der Waals surface area (Å²) in [5, 5.41) is 12.8. The highest BCUT2D eigenvalue weighted by molar-refractivity contribution is 5.94. The van der Waals surface area contributed by atoms with Crippen LogP contribution in [0.15, 0.2) is 78.9 Å². The number of likely N-dealkylation sites (N-methyl/N-ethyl adjacent to an activating group) is 1. The molecule has 1 aliphatic rings. The molecule has 1 saturated heterocycles. The summed E-state index contributed by atoms with van der Waals surface area (Å²) < 4.78 is 11.1. The smallest absolute Gasteiger partial charge is 0.411 e. The number of carbonyl (C=O) groups is 5. The third-order valence-electron chi connectivity index (χ3n) is 10.0. The van der Waals surface area contributed by atoms with Crippen LogP contribution < -0.4 is 15.1 Å². The molecule has 4 rings (SSSR count). The molecule has 14 nitrogen and oxygen atoms in total. The van der Waals surface area contributed by atoms with Gasteiger partial charge in [0.05, 0.1) is 5.69 Å². The number of nitrogens with zero attached hydrogens (tertiary/aromatic N) is 5. The van der Waals surface area contributed by atoms with E-state index in [1.807, 2.05) is 54.6 Å². The van der Waals surface area contributed by atoms with E-state index in [0.717, 1.165) is 43.6 Å². The van der Waals surface area contributed by atoms with Gasteiger partial charge >= 0.3 is 18.3 Å². The first kappa shape index (κ1) is 45.1. The highest BCUT2D eigenvalue weighted by Gasteiger charge is 2.24. The van der Waals surface area contributed by atoms with Crippen LogP contribution in [0.1, 0.15) is 65.7 Å². The summed E-state index contributed by atoms with van der Waals surface area (Å²) in [7, 11) is 5.02. The average Bonchev–Trinajstić information content (AvgIpc) is 3.20. The van der Waals surface area contributed by atoms with Crippen LogP contribution in [0.25, 0.3) is 11.1 Å². The van der Waals surface area contributed by atoms with E-state index in [1.165, 1.54) is 14.7 Å². The summed E-state index contributed by atoms with van der Waals surface area (Å²) in [5.41, 5.74) is 3.10. The fourth-order valence-corrected chi connectivity index (χ4v) is 6.53. The molecule has 0 radical (unpaired) electrons. The van der Waals surface area contributed by atoms with Gasteiger partial charge in [0, 0.05) is 90.2 Å². The largest absolute Gasteiger partial charge is 0.465 e. The summed E-state index contributed by atoms with van der Waals surface area (Å²) >= 11 is 0. The Bertz CT molecular complexity index is 1810. The number of rotatable bonds is 17. The lowest BCUT2D eigenvalue weighted by Crippen LogP contribution is -2.42. The van der Waals surface area contributed by atoms with Crippen LogP contribution in [-0.4, -0.2) is 122 Å². The van der Waals surface area contributed by atoms with Crippen LogP contribution in [-0.2, 0) is 19.1 Å². The average molecular weight is 801 g/mol. The van der Waals surface area contributed by atoms with Gasteiger partial charge in [0.15, 0.2) is 0 Å². The van der Waals surface area contributed by atoms with Crippen molar-refractivity contribution >= 4 is 47.2 Å². The highest BCUT2D eigenvalue weighted by Crippen LogP contribution is 2.28. The van der Waals surface area contributed by atoms with Gasteiger partial charge in [-0.3, -0.25) is 19.8 Å². The van der Waals surface area contributed by atoms with Crippen molar-refractivity contribution < 1.29 is 38.6 Å². The zero-order valence-electron chi connectivity index (χ0n) is 34.8. The maximum Gasteiger partial charge on any atom is 0.411 e. The van der Waals surface area contributed by atoms with Crippen molar-refractivity contribution in [3.05, 3.63) is 78.9 Å². The maximum atomic E-state index is 12.9. The lowest BCUT2D eigenvalue weighted by atomic mass is 10.0. The normalized spacial score (nSPS) is 13.3. The predicted molar refractivity (Wildman–Crippen MR) is 226 cm³/mol. The maximum absolute atomic E-state index is 12.9. The van der Waals surface area contributed by atoms with Gasteiger partial charge in [-0.05, 0) is 82.3 Å². The number of carboxylic acid groups (broad SMARTS) is 1. The molecule has 1 aliphatic heterocycles. The lowest BCUT2D eigenvalue weighted by Gasteiger charge is -2.32. The second-order valence-corrected chi connectivity index (χ2v) is 15.7. The number of nitrogens with one attached hydrogen (secondary N) is 1. The molecule has 0 unspecified atom stereocenters. The molecule has 58 heavy (non-hydrogen) atoms. The van der Waals surface area contributed by atoms with Crippen LogP contribution >= 0.6 is 0 Å². The van der Waals surface area contributed by atoms with Crippen molar-refractivity contribution in [3.8, 4) is 11.1 Å². The monoisotopic (exact) mass is 800 g/mol. The molecule has 2 N–H and O–H groups in total. The molecule has 0 spiro atoms. The fraction of sp³-hybridized carbons (Fsp3) is 0.477. The predicted octanol–water partition coefficient (Wildman–Crippen LogP) is 7.79. The second-order valence-electron chi connectivity index (χ2n) is 15.7. The van der Waals surface area contributed by atoms with Gasteiger partial charge in [-0.1, -0.05) is 55.0 Å². The first-order valence-electron chi connectivity index (χ1n) is 20.0. The van der Waals surface area contributed by atoms with Gasteiger partial charge in [0.1, 0.15) is 11.7 Å². The number of likely N-dealkylation sites (tertiary alicyclic amines) is 1. The first-order valence-corrected chi connectivity index (χ1v) is 20.0. The number of anilines is 3. The SMILES string of the molecule is CN(CCN1CCC(OC(=O)Nc2ccccc2-c2ccccc2)CC1)C(=O)CCCCCN(C(=O)O)c1ccc(N(C)C(=O)CCN(C)C(=O)OC(C)(C)C)cc1. The zero-order valence-corrected chi connectivity index (χ0v) is 34.8. The Balaban J connectivity index is 1.10. The highest BCUT2D eigenvalue weighted by atomic mass is 16.6. The molecule has 3 aromatic rings. The minimum absolute atomic E-state index is 0.0477. The van der Waals surface area contributed by atoms with E-state index in [1.54, 1.807) is 71.1 Å². The zero-order chi connectivity index (χ0) is 42.2. The minimum atomic E-state index is -1.08. The van der Waals surface area contributed by atoms with Gasteiger partial charge in [-0.25, -0.2) is 14.4 Å². The van der Waals surface area contributed by atoms with E-state index in [2.05, 4.69) is 10.2 Å². The molecule has 5 amide bonds. The molecule has 14 heteroatoms. The number of para-hydroxylation sites is 1. The lowest BCUT2D eigenvalue weighted by molar-refractivity contribution is -0.130. The number of hydrogen-bond donors (Lipinski definition) is 2. The molecular weight excluding hydrogens is 741 g/mol.